The van der Waals surface area contributed by atoms with E-state index in [1.165, 1.54) is 0 Å². The van der Waals surface area contributed by atoms with Crippen LogP contribution in [0.15, 0.2) is 0 Å². The lowest BCUT2D eigenvalue weighted by Gasteiger charge is -2.03. The Morgan fingerprint density at radius 2 is 2.20 bits per heavy atom. The summed E-state index contributed by atoms with van der Waals surface area (Å²) in [5.74, 6) is 2.49. The minimum absolute atomic E-state index is 0.0371. The molecule has 0 bridgehead atoms. The molecule has 0 heterocycles. The number of aliphatic hydroxyl groups excluding tert-OH is 2. The van der Waals surface area contributed by atoms with Crippen LogP contribution >= 0.6 is 0 Å². The fraction of sp³-hybridized carbons (Fsp3) is 0.750. The Kier molecular flexibility index (Phi) is 6.00. The van der Waals surface area contributed by atoms with E-state index in [2.05, 4.69) is 12.8 Å². The second-order valence-corrected chi connectivity index (χ2v) is 2.28. The molecule has 0 saturated heterocycles. The third kappa shape index (κ3) is 4.22. The van der Waals surface area contributed by atoms with Crippen LogP contribution in [0.5, 0.6) is 0 Å². The molecule has 0 spiro atoms. The molecule has 0 amide bonds. The Bertz CT molecular complexity index is 121. The second-order valence-electron chi connectivity index (χ2n) is 2.28. The first-order valence-corrected chi connectivity index (χ1v) is 3.60. The maximum atomic E-state index is 8.67. The van der Waals surface area contributed by atoms with E-state index in [1.54, 1.807) is 0 Å². The molecule has 0 rings (SSSR count). The Morgan fingerprint density at radius 1 is 1.50 bits per heavy atom. The van der Waals surface area contributed by atoms with Crippen molar-refractivity contribution in [3.05, 3.63) is 0 Å². The lowest BCUT2D eigenvalue weighted by atomic mass is 10.0. The van der Waals surface area contributed by atoms with Crippen molar-refractivity contribution in [3.8, 4) is 12.0 Å². The zero-order chi connectivity index (χ0) is 7.82. The summed E-state index contributed by atoms with van der Waals surface area (Å²) in [7, 11) is 0. The van der Waals surface area contributed by atoms with Gasteiger partial charge in [-0.15, -0.1) is 0 Å². The van der Waals surface area contributed by atoms with Crippen LogP contribution in [0, 0.1) is 17.9 Å². The van der Waals surface area contributed by atoms with E-state index in [4.69, 9.17) is 10.2 Å². The van der Waals surface area contributed by atoms with Crippen LogP contribution in [-0.2, 0) is 0 Å². The molecule has 0 aliphatic heterocycles. The zero-order valence-corrected chi connectivity index (χ0v) is 6.30. The summed E-state index contributed by atoms with van der Waals surface area (Å²) in [5.41, 5.74) is 0. The molecule has 10 heavy (non-hydrogen) atoms. The van der Waals surface area contributed by atoms with Crippen molar-refractivity contribution in [2.45, 2.75) is 26.2 Å². The van der Waals surface area contributed by atoms with E-state index in [0.29, 0.717) is 0 Å². The van der Waals surface area contributed by atoms with Crippen molar-refractivity contribution in [2.24, 2.45) is 5.92 Å². The van der Waals surface area contributed by atoms with Gasteiger partial charge < -0.3 is 10.2 Å². The van der Waals surface area contributed by atoms with Crippen molar-refractivity contribution >= 4 is 0 Å². The van der Waals surface area contributed by atoms with E-state index in [-0.39, 0.29) is 12.5 Å². The highest BCUT2D eigenvalue weighted by molar-refractivity contribution is 4.96. The minimum Gasteiger partial charge on any atom is -0.462 e. The summed E-state index contributed by atoms with van der Waals surface area (Å²) >= 11 is 0. The molecule has 0 fully saturated rings. The fourth-order valence-corrected chi connectivity index (χ4v) is 0.751. The molecule has 0 aromatic carbocycles. The van der Waals surface area contributed by atoms with Gasteiger partial charge in [-0.2, -0.15) is 0 Å². The van der Waals surface area contributed by atoms with Gasteiger partial charge in [-0.25, -0.2) is 0 Å². The van der Waals surface area contributed by atoms with Gasteiger partial charge in [0.05, 0.1) is 6.61 Å². The Hall–Kier alpha value is -0.680. The van der Waals surface area contributed by atoms with E-state index >= 15 is 0 Å². The molecule has 0 aromatic heterocycles. The summed E-state index contributed by atoms with van der Waals surface area (Å²) in [6.45, 7) is 2.13. The lowest BCUT2D eigenvalue weighted by Crippen LogP contribution is -2.02. The highest BCUT2D eigenvalue weighted by Gasteiger charge is 2.00. The topological polar surface area (TPSA) is 40.5 Å². The third-order valence-corrected chi connectivity index (χ3v) is 1.40. The summed E-state index contributed by atoms with van der Waals surface area (Å²) in [5, 5.41) is 16.9. The Labute approximate surface area is 61.9 Å². The zero-order valence-electron chi connectivity index (χ0n) is 6.30. The lowest BCUT2D eigenvalue weighted by molar-refractivity contribution is 0.248. The molecule has 2 N–H and O–H groups in total. The molecular formula is C8H14O2. The first-order valence-electron chi connectivity index (χ1n) is 3.60. The molecule has 0 aliphatic rings. The van der Waals surface area contributed by atoms with E-state index < -0.39 is 0 Å². The highest BCUT2D eigenvalue weighted by Crippen LogP contribution is 2.05. The standard InChI is InChI=1S/C8H14O2/c1-2-3-4-8(7-10)5-6-9/h8-10H,2-4,7H2,1H3. The van der Waals surface area contributed by atoms with Gasteiger partial charge in [0.2, 0.25) is 0 Å². The Balaban J connectivity index is 3.46. The van der Waals surface area contributed by atoms with Gasteiger partial charge in [0.25, 0.3) is 0 Å². The molecule has 0 saturated carbocycles. The van der Waals surface area contributed by atoms with E-state index in [1.807, 2.05) is 6.11 Å². The van der Waals surface area contributed by atoms with Crippen LogP contribution in [0.3, 0.4) is 0 Å². The van der Waals surface area contributed by atoms with Crippen LogP contribution in [-0.4, -0.2) is 16.8 Å². The molecule has 1 atom stereocenters. The molecule has 58 valence electrons. The molecule has 1 unspecified atom stereocenters. The third-order valence-electron chi connectivity index (χ3n) is 1.40. The van der Waals surface area contributed by atoms with Crippen LogP contribution in [0.1, 0.15) is 26.2 Å². The summed E-state index contributed by atoms with van der Waals surface area (Å²) in [4.78, 5) is 0. The maximum absolute atomic E-state index is 8.67. The van der Waals surface area contributed by atoms with Gasteiger partial charge in [-0.1, -0.05) is 25.7 Å². The monoisotopic (exact) mass is 142 g/mol. The highest BCUT2D eigenvalue weighted by atomic mass is 16.3. The molecular weight excluding hydrogens is 128 g/mol. The normalized spacial score (nSPS) is 11.8. The quantitative estimate of drug-likeness (QED) is 0.577. The van der Waals surface area contributed by atoms with Gasteiger partial charge >= 0.3 is 0 Å². The number of unbranched alkanes of at least 4 members (excludes halogenated alkanes) is 1. The first kappa shape index (κ1) is 9.32. The summed E-state index contributed by atoms with van der Waals surface area (Å²) in [6.07, 6.45) is 4.85. The average Bonchev–Trinajstić information content (AvgIpc) is 1.98. The SMILES string of the molecule is CCCCC(C#CO)CO. The van der Waals surface area contributed by atoms with Gasteiger partial charge in [0, 0.05) is 5.92 Å². The predicted molar refractivity (Wildman–Crippen MR) is 39.8 cm³/mol. The van der Waals surface area contributed by atoms with Crippen LogP contribution in [0.2, 0.25) is 0 Å². The fourth-order valence-electron chi connectivity index (χ4n) is 0.751. The van der Waals surface area contributed by atoms with Crippen molar-refractivity contribution in [3.63, 3.8) is 0 Å². The smallest absolute Gasteiger partial charge is 0.107 e. The van der Waals surface area contributed by atoms with Gasteiger partial charge in [0.15, 0.2) is 0 Å². The largest absolute Gasteiger partial charge is 0.462 e. The molecule has 2 nitrogen and oxygen atoms in total. The van der Waals surface area contributed by atoms with Gasteiger partial charge in [-0.3, -0.25) is 0 Å². The maximum Gasteiger partial charge on any atom is 0.107 e. The van der Waals surface area contributed by atoms with E-state index in [9.17, 15) is 0 Å². The van der Waals surface area contributed by atoms with Crippen LogP contribution < -0.4 is 0 Å². The molecule has 0 aromatic rings. The predicted octanol–water partition coefficient (Wildman–Crippen LogP) is 1.12. The number of hydrogen-bond acceptors (Lipinski definition) is 2. The van der Waals surface area contributed by atoms with Crippen molar-refractivity contribution in [1.29, 1.82) is 0 Å². The molecule has 0 radical (unpaired) electrons. The number of rotatable bonds is 4. The van der Waals surface area contributed by atoms with Crippen LogP contribution in [0.4, 0.5) is 0 Å². The number of aliphatic hydroxyl groups is 2. The summed E-state index contributed by atoms with van der Waals surface area (Å²) < 4.78 is 0. The van der Waals surface area contributed by atoms with Crippen molar-refractivity contribution < 1.29 is 10.2 Å². The van der Waals surface area contributed by atoms with Crippen molar-refractivity contribution in [2.75, 3.05) is 6.61 Å². The second kappa shape index (κ2) is 6.44. The van der Waals surface area contributed by atoms with Crippen molar-refractivity contribution in [1.82, 2.24) is 0 Å². The van der Waals surface area contributed by atoms with Gasteiger partial charge in [-0.05, 0) is 6.42 Å². The number of hydrogen-bond donors (Lipinski definition) is 2. The van der Waals surface area contributed by atoms with Crippen LogP contribution in [0.25, 0.3) is 0 Å². The average molecular weight is 142 g/mol. The van der Waals surface area contributed by atoms with E-state index in [0.717, 1.165) is 19.3 Å². The Morgan fingerprint density at radius 3 is 2.60 bits per heavy atom. The minimum atomic E-state index is -0.0371. The molecule has 2 heteroatoms. The first-order chi connectivity index (χ1) is 4.85. The molecule has 0 aliphatic carbocycles. The summed E-state index contributed by atoms with van der Waals surface area (Å²) in [6, 6.07) is 0. The van der Waals surface area contributed by atoms with Gasteiger partial charge in [0.1, 0.15) is 6.11 Å².